The first-order chi connectivity index (χ1) is 55.5. The molecule has 9 aliphatic carbocycles. The molecule has 11 rings (SSSR count). The van der Waals surface area contributed by atoms with Crippen LogP contribution in [-0.4, -0.2) is 214 Å². The zero-order chi connectivity index (χ0) is 85.5. The van der Waals surface area contributed by atoms with Gasteiger partial charge in [-0.25, -0.2) is 34.8 Å². The molecule has 1 aliphatic heterocycles. The lowest BCUT2D eigenvalue weighted by atomic mass is 9.93. The van der Waals surface area contributed by atoms with Crippen LogP contribution in [0.4, 0.5) is 21.0 Å². The zero-order valence-corrected chi connectivity index (χ0v) is 70.6. The fourth-order valence-electron chi connectivity index (χ4n) is 16.5. The minimum absolute atomic E-state index is 0.0574. The molecule has 10 amide bonds. The van der Waals surface area contributed by atoms with Crippen molar-refractivity contribution in [2.24, 2.45) is 53.3 Å². The third kappa shape index (κ3) is 23.8. The number of anilines is 2. The predicted molar refractivity (Wildman–Crippen MR) is 440 cm³/mol. The normalized spacial score (nSPS) is 28.5. The molecule has 117 heavy (non-hydrogen) atoms. The number of hydrogen-bond acceptors (Lipinski definition) is 21. The van der Waals surface area contributed by atoms with E-state index in [0.717, 1.165) is 89.4 Å². The van der Waals surface area contributed by atoms with Gasteiger partial charge in [-0.1, -0.05) is 48.6 Å². The smallest absolute Gasteiger partial charge is 0.411 e. The standard InChI is InChI=1S/C35H49N5O7S.C24H34ClN3O7S.C23H35N3O6S/c1-4-6-7-11-18-39(3)32(42)28-22-25(47-34(44)36-29-14-9-10-15-30(29)40-19-12-8-13-20-40)21-27(28)31(41)37-35(23-24(35)5-2)33(43)38-48(45,46)26-16-17-26;1-4-6-7-8-11-28(3)21(30)19-13-16(35-23(25)32)12-18(19)20(29)26-24(14-15(24)5-2)22(31)27-36(33,34)17-9-10-17;1-4-6-7-8-11-26(3)21(29)19-13-16(27)12-18(19)20(28)24-23(14-15(23)5-2)22(30)25-33(31,32)17-9-10-17/h4-5,9-10,14-15,24-28H,1-2,6-8,11-13,16-23H2,3H3,(H,36,44)(H,37,41)(H,38,43);4-5,15-19H,1-2,6-14H2,3H3,(H,26,29)(H,27,31);4-5,15-19,27H,1-2,6-14H2,3H3,(H,24,28)(H,25,30)/t24-,25-,27-,28-,35-;15-,16-,18-,19-,24-;15-,16-,18-,19-,23-/m111/s1. The Morgan fingerprint density at radius 1 is 0.479 bits per heavy atom. The molecule has 0 radical (unpaired) electrons. The summed E-state index contributed by atoms with van der Waals surface area (Å²) in [4.78, 5) is 151. The number of unbranched alkanes of at least 4 members (excludes halogenated alkanes) is 6. The number of aliphatic hydroxyl groups is 1. The molecule has 8 N–H and O–H groups in total. The summed E-state index contributed by atoms with van der Waals surface area (Å²) in [5.41, 5.74) is -3.80. The lowest BCUT2D eigenvalue weighted by Gasteiger charge is -2.30. The molecule has 0 unspecified atom stereocenters. The Morgan fingerprint density at radius 2 is 0.803 bits per heavy atom. The van der Waals surface area contributed by atoms with Crippen LogP contribution in [0.5, 0.6) is 0 Å². The molecule has 0 bridgehead atoms. The number of para-hydroxylation sites is 2. The van der Waals surface area contributed by atoms with Crippen LogP contribution >= 0.6 is 11.6 Å². The number of sulfonamides is 3. The van der Waals surface area contributed by atoms with Crippen molar-refractivity contribution in [2.45, 2.75) is 224 Å². The molecular weight excluding hydrogens is 1590 g/mol. The van der Waals surface area contributed by atoms with Crippen LogP contribution in [-0.2, 0) is 82.7 Å². The number of amides is 10. The first-order valence-electron chi connectivity index (χ1n) is 40.9. The molecule has 1 aromatic carbocycles. The summed E-state index contributed by atoms with van der Waals surface area (Å²) in [6, 6.07) is 7.56. The highest BCUT2D eigenvalue weighted by molar-refractivity contribution is 7.91. The number of benzene rings is 1. The molecule has 1 aromatic rings. The molecule has 646 valence electrons. The fraction of sp³-hybridized carbons (Fsp3) is 0.646. The predicted octanol–water partition coefficient (Wildman–Crippen LogP) is 7.20. The number of aliphatic hydroxyl groups excluding tert-OH is 1. The lowest BCUT2D eigenvalue weighted by molar-refractivity contribution is -0.141. The Hall–Kier alpha value is -8.47. The maximum absolute atomic E-state index is 13.9. The van der Waals surface area contributed by atoms with E-state index >= 15 is 0 Å². The average molecular weight is 1710 g/mol. The average Bonchev–Trinajstić information content (AvgIpc) is 1.58. The van der Waals surface area contributed by atoms with Crippen LogP contribution in [0.1, 0.15) is 173 Å². The number of ether oxygens (including phenoxy) is 2. The van der Waals surface area contributed by atoms with E-state index in [0.29, 0.717) is 63.8 Å². The maximum Gasteiger partial charge on any atom is 0.411 e. The first kappa shape index (κ1) is 92.4. The second-order valence-electron chi connectivity index (χ2n) is 33.1. The first-order valence-corrected chi connectivity index (χ1v) is 46.0. The fourth-order valence-corrected chi connectivity index (χ4v) is 20.7. The molecule has 10 aliphatic rings. The molecule has 10 fully saturated rings. The number of carbonyl (C=O) groups is 11. The molecule has 35 heteroatoms. The summed E-state index contributed by atoms with van der Waals surface area (Å²) in [7, 11) is -6.39. The molecule has 1 heterocycles. The number of halogens is 1. The lowest BCUT2D eigenvalue weighted by Crippen LogP contribution is -2.54. The minimum Gasteiger partial charge on any atom is -0.450 e. The topological polar surface area (TPSA) is 426 Å². The van der Waals surface area contributed by atoms with E-state index in [-0.39, 0.29) is 75.5 Å². The van der Waals surface area contributed by atoms with Gasteiger partial charge >= 0.3 is 11.5 Å². The van der Waals surface area contributed by atoms with E-state index in [2.05, 4.69) is 79.8 Å². The summed E-state index contributed by atoms with van der Waals surface area (Å²) in [6.07, 6.45) is 22.1. The van der Waals surface area contributed by atoms with Crippen molar-refractivity contribution in [3.05, 3.63) is 100 Å². The molecule has 0 spiro atoms. The second-order valence-corrected chi connectivity index (χ2v) is 39.3. The van der Waals surface area contributed by atoms with Gasteiger partial charge in [-0.05, 0) is 185 Å². The third-order valence-corrected chi connectivity index (χ3v) is 29.8. The quantitative estimate of drug-likeness (QED) is 0.0183. The van der Waals surface area contributed by atoms with Crippen molar-refractivity contribution in [3.8, 4) is 0 Å². The van der Waals surface area contributed by atoms with Gasteiger partial charge in [0.1, 0.15) is 28.8 Å². The molecule has 31 nitrogen and oxygen atoms in total. The number of nitrogens with one attached hydrogen (secondary N) is 7. The van der Waals surface area contributed by atoms with E-state index < -0.39 is 181 Å². The van der Waals surface area contributed by atoms with E-state index in [1.165, 1.54) is 24.6 Å². The zero-order valence-electron chi connectivity index (χ0n) is 67.4. The highest BCUT2D eigenvalue weighted by Gasteiger charge is 2.65. The Bertz CT molecular complexity index is 4280. The summed E-state index contributed by atoms with van der Waals surface area (Å²) in [5.74, 6) is -10.9. The Morgan fingerprint density at radius 3 is 1.14 bits per heavy atom. The number of allylic oxidation sites excluding steroid dienone is 3. The van der Waals surface area contributed by atoms with Gasteiger partial charge in [0.25, 0.3) is 17.7 Å². The summed E-state index contributed by atoms with van der Waals surface area (Å²) in [5, 5.41) is 19.5. The number of nitrogens with zero attached hydrogens (tertiary/aromatic N) is 4. The van der Waals surface area contributed by atoms with Gasteiger partial charge in [0.15, 0.2) is 0 Å². The van der Waals surface area contributed by atoms with Gasteiger partial charge in [-0.15, -0.1) is 39.5 Å². The van der Waals surface area contributed by atoms with Crippen molar-refractivity contribution >= 4 is 118 Å². The maximum atomic E-state index is 13.9. The summed E-state index contributed by atoms with van der Waals surface area (Å²) in [6.45, 7) is 25.5. The highest BCUT2D eigenvalue weighted by Crippen LogP contribution is 2.50. The van der Waals surface area contributed by atoms with Gasteiger partial charge in [0.05, 0.1) is 68.7 Å². The van der Waals surface area contributed by atoms with Gasteiger partial charge in [0, 0.05) is 83.2 Å². The van der Waals surface area contributed by atoms with E-state index in [1.54, 1.807) is 41.9 Å². The van der Waals surface area contributed by atoms with Gasteiger partial charge in [-0.2, -0.15) is 0 Å². The Kier molecular flexibility index (Phi) is 31.6. The Balaban J connectivity index is 0.000000205. The van der Waals surface area contributed by atoms with Crippen LogP contribution in [0.15, 0.2) is 100 Å². The number of piperidine rings is 1. The van der Waals surface area contributed by atoms with Crippen LogP contribution in [0, 0.1) is 53.3 Å². The van der Waals surface area contributed by atoms with Crippen molar-refractivity contribution < 1.29 is 92.6 Å². The van der Waals surface area contributed by atoms with Crippen molar-refractivity contribution in [3.63, 3.8) is 0 Å². The van der Waals surface area contributed by atoms with Crippen LogP contribution in [0.2, 0.25) is 0 Å². The van der Waals surface area contributed by atoms with E-state index in [1.807, 2.05) is 36.4 Å². The van der Waals surface area contributed by atoms with Crippen molar-refractivity contribution in [1.82, 2.24) is 44.8 Å². The SMILES string of the molecule is C=CCCCCN(C)C(=O)[C@@H]1C[C@H](O)C[C@H]1C(=O)N[C@]1(C(=O)NS(=O)(=O)C2CC2)C[C@H]1C=C.C=CCCCCN(C)C(=O)[C@@H]1C[C@H](OC(=O)Cl)C[C@H]1C(=O)N[C@]1(C(=O)NS(=O)(=O)C2CC2)C[C@H]1C=C.C=CCCCCN(C)C(=O)[C@@H]1C[C@H](OC(=O)Nc2ccccc2N2CCCCC2)C[C@H]1C(=O)N[C@]1(C(=O)NS(=O)(=O)C2CC2)C[C@H]1C=C. The highest BCUT2D eigenvalue weighted by atomic mass is 35.5. The number of hydrogen-bond donors (Lipinski definition) is 8. The molecule has 1 saturated heterocycles. The Labute approximate surface area is 692 Å². The summed E-state index contributed by atoms with van der Waals surface area (Å²) < 4.78 is 91.6. The number of rotatable bonds is 40. The van der Waals surface area contributed by atoms with E-state index in [9.17, 15) is 83.1 Å². The van der Waals surface area contributed by atoms with Crippen LogP contribution in [0.25, 0.3) is 0 Å². The largest absolute Gasteiger partial charge is 0.450 e. The van der Waals surface area contributed by atoms with Crippen molar-refractivity contribution in [1.29, 1.82) is 0 Å². The van der Waals surface area contributed by atoms with Crippen molar-refractivity contribution in [2.75, 3.05) is 64.1 Å². The monoisotopic (exact) mass is 1710 g/mol. The summed E-state index contributed by atoms with van der Waals surface area (Å²) >= 11 is 5.38. The minimum atomic E-state index is -3.84. The van der Waals surface area contributed by atoms with E-state index in [4.69, 9.17) is 21.1 Å². The van der Waals surface area contributed by atoms with Gasteiger partial charge in [-0.3, -0.25) is 62.6 Å². The molecule has 9 saturated carbocycles. The number of carbonyl (C=O) groups excluding carboxylic acids is 11. The second kappa shape index (κ2) is 40.1. The molecule has 0 aromatic heterocycles. The molecular formula is C82H118ClN11O20S3. The van der Waals surface area contributed by atoms with Crippen LogP contribution in [0.3, 0.4) is 0 Å². The van der Waals surface area contributed by atoms with Gasteiger partial charge in [0.2, 0.25) is 65.5 Å². The molecule has 15 atom stereocenters. The third-order valence-electron chi connectivity index (χ3n) is 24.2. The van der Waals surface area contributed by atoms with Crippen LogP contribution < -0.4 is 40.3 Å². The van der Waals surface area contributed by atoms with Gasteiger partial charge < -0.3 is 50.1 Å².